The van der Waals surface area contributed by atoms with Crippen molar-refractivity contribution in [2.24, 2.45) is 0 Å². The van der Waals surface area contributed by atoms with E-state index in [0.717, 1.165) is 6.07 Å². The number of hydrogen-bond donors (Lipinski definition) is 1. The molecule has 0 saturated carbocycles. The van der Waals surface area contributed by atoms with Gasteiger partial charge in [0.2, 0.25) is 0 Å². The van der Waals surface area contributed by atoms with Crippen molar-refractivity contribution in [3.05, 3.63) is 107 Å². The second kappa shape index (κ2) is 9.80. The smallest absolute Gasteiger partial charge is 0.343 e. The Morgan fingerprint density at radius 3 is 1.85 bits per heavy atom. The molecular weight excluding hydrogens is 445 g/mol. The summed E-state index contributed by atoms with van der Waals surface area (Å²) in [6, 6.07) is 19.0. The van der Waals surface area contributed by atoms with Crippen molar-refractivity contribution in [2.45, 2.75) is 6.61 Å². The number of methoxy groups -OCH3 is 1. The van der Waals surface area contributed by atoms with Crippen LogP contribution in [0.5, 0.6) is 11.5 Å². The lowest BCUT2D eigenvalue weighted by atomic mass is 9.97. The number of esters is 1. The Kier molecular flexibility index (Phi) is 6.65. The molecule has 4 aromatic rings. The van der Waals surface area contributed by atoms with Crippen molar-refractivity contribution in [3.63, 3.8) is 0 Å². The van der Waals surface area contributed by atoms with Crippen LogP contribution in [0.15, 0.2) is 78.9 Å². The maximum Gasteiger partial charge on any atom is 0.343 e. The molecule has 0 spiro atoms. The number of rotatable bonds is 6. The van der Waals surface area contributed by atoms with E-state index in [9.17, 15) is 18.0 Å². The summed E-state index contributed by atoms with van der Waals surface area (Å²) >= 11 is 0. The number of aliphatic hydroxyl groups is 1. The summed E-state index contributed by atoms with van der Waals surface area (Å²) in [5, 5.41) is 9.14. The molecule has 0 amide bonds. The van der Waals surface area contributed by atoms with E-state index >= 15 is 0 Å². The summed E-state index contributed by atoms with van der Waals surface area (Å²) in [6.45, 7) is -0.142. The first-order valence-corrected chi connectivity index (χ1v) is 10.3. The molecule has 4 rings (SSSR count). The number of halogens is 3. The SMILES string of the molecule is COc1ccc(OC(=O)c2ccc(-c3ccc(-c4ccc(CO)cc4)c(F)c3F)cc2)cc1F. The maximum atomic E-state index is 14.9. The van der Waals surface area contributed by atoms with Gasteiger partial charge in [0.1, 0.15) is 5.75 Å². The van der Waals surface area contributed by atoms with E-state index in [4.69, 9.17) is 14.6 Å². The highest BCUT2D eigenvalue weighted by Crippen LogP contribution is 2.32. The second-order valence-corrected chi connectivity index (χ2v) is 7.41. The highest BCUT2D eigenvalue weighted by atomic mass is 19.2. The monoisotopic (exact) mass is 464 g/mol. The maximum absolute atomic E-state index is 14.9. The molecule has 0 fully saturated rings. The van der Waals surface area contributed by atoms with Crippen molar-refractivity contribution < 1.29 is 32.5 Å². The highest BCUT2D eigenvalue weighted by molar-refractivity contribution is 5.91. The Balaban J connectivity index is 1.54. The van der Waals surface area contributed by atoms with Crippen molar-refractivity contribution in [1.29, 1.82) is 0 Å². The minimum Gasteiger partial charge on any atom is -0.494 e. The molecule has 0 bridgehead atoms. The zero-order valence-corrected chi connectivity index (χ0v) is 18.0. The molecule has 0 aliphatic rings. The van der Waals surface area contributed by atoms with Crippen molar-refractivity contribution in [3.8, 4) is 33.8 Å². The summed E-state index contributed by atoms with van der Waals surface area (Å²) in [5.41, 5.74) is 1.79. The number of hydrogen-bond acceptors (Lipinski definition) is 4. The molecule has 7 heteroatoms. The molecule has 0 aromatic heterocycles. The van der Waals surface area contributed by atoms with Gasteiger partial charge in [0.15, 0.2) is 23.2 Å². The third-order valence-corrected chi connectivity index (χ3v) is 5.30. The first kappa shape index (κ1) is 23.1. The topological polar surface area (TPSA) is 55.8 Å². The summed E-state index contributed by atoms with van der Waals surface area (Å²) in [5.74, 6) is -3.40. The molecule has 34 heavy (non-hydrogen) atoms. The van der Waals surface area contributed by atoms with Gasteiger partial charge >= 0.3 is 5.97 Å². The van der Waals surface area contributed by atoms with Gasteiger partial charge in [0.05, 0.1) is 19.3 Å². The Labute approximate surface area is 193 Å². The standard InChI is InChI=1S/C27H19F3O4/c1-33-24-13-10-20(14-23(24)28)34-27(32)19-8-6-18(7-9-19)22-12-11-21(25(29)26(22)30)17-4-2-16(15-31)3-5-17/h2-14,31H,15H2,1H3. The lowest BCUT2D eigenvalue weighted by Gasteiger charge is -2.10. The molecular formula is C27H19F3O4. The van der Waals surface area contributed by atoms with Crippen molar-refractivity contribution in [2.75, 3.05) is 7.11 Å². The number of benzene rings is 4. The van der Waals surface area contributed by atoms with Crippen LogP contribution in [-0.2, 0) is 6.61 Å². The van der Waals surface area contributed by atoms with Gasteiger partial charge in [0, 0.05) is 17.2 Å². The molecule has 4 aromatic carbocycles. The first-order valence-electron chi connectivity index (χ1n) is 10.3. The molecule has 0 aliphatic heterocycles. The molecule has 0 unspecified atom stereocenters. The predicted octanol–water partition coefficient (Wildman–Crippen LogP) is 6.16. The van der Waals surface area contributed by atoms with Gasteiger partial charge in [-0.15, -0.1) is 0 Å². The fraction of sp³-hybridized carbons (Fsp3) is 0.0741. The van der Waals surface area contributed by atoms with Crippen LogP contribution < -0.4 is 9.47 Å². The van der Waals surface area contributed by atoms with Crippen molar-refractivity contribution >= 4 is 5.97 Å². The third-order valence-electron chi connectivity index (χ3n) is 5.30. The lowest BCUT2D eigenvalue weighted by Crippen LogP contribution is -2.08. The fourth-order valence-electron chi connectivity index (χ4n) is 3.45. The summed E-state index contributed by atoms with van der Waals surface area (Å²) in [7, 11) is 1.32. The number of carbonyl (C=O) groups is 1. The highest BCUT2D eigenvalue weighted by Gasteiger charge is 2.17. The van der Waals surface area contributed by atoms with E-state index in [1.807, 2.05) is 0 Å². The van der Waals surface area contributed by atoms with E-state index in [0.29, 0.717) is 16.7 Å². The lowest BCUT2D eigenvalue weighted by molar-refractivity contribution is 0.0734. The molecule has 0 aliphatic carbocycles. The number of aliphatic hydroxyl groups excluding tert-OH is 1. The molecule has 0 saturated heterocycles. The van der Waals surface area contributed by atoms with Gasteiger partial charge in [-0.25, -0.2) is 18.0 Å². The zero-order chi connectivity index (χ0) is 24.2. The summed E-state index contributed by atoms with van der Waals surface area (Å²) < 4.78 is 53.5. The van der Waals surface area contributed by atoms with Gasteiger partial charge < -0.3 is 14.6 Å². The molecule has 172 valence electrons. The zero-order valence-electron chi connectivity index (χ0n) is 18.0. The van der Waals surface area contributed by atoms with Crippen LogP contribution in [0.4, 0.5) is 13.2 Å². The Morgan fingerprint density at radius 1 is 0.794 bits per heavy atom. The van der Waals surface area contributed by atoms with Gasteiger partial charge in [-0.1, -0.05) is 48.5 Å². The van der Waals surface area contributed by atoms with Crippen LogP contribution in [0.2, 0.25) is 0 Å². The fourth-order valence-corrected chi connectivity index (χ4v) is 3.45. The minimum absolute atomic E-state index is 0.00287. The summed E-state index contributed by atoms with van der Waals surface area (Å²) in [4.78, 5) is 12.4. The van der Waals surface area contributed by atoms with E-state index in [1.165, 1.54) is 55.6 Å². The van der Waals surface area contributed by atoms with Crippen LogP contribution >= 0.6 is 0 Å². The number of carbonyl (C=O) groups excluding carboxylic acids is 1. The Bertz CT molecular complexity index is 1330. The number of ether oxygens (including phenoxy) is 2. The van der Waals surface area contributed by atoms with E-state index in [-0.39, 0.29) is 34.8 Å². The van der Waals surface area contributed by atoms with Crippen LogP contribution in [0.1, 0.15) is 15.9 Å². The average Bonchev–Trinajstić information content (AvgIpc) is 2.86. The molecule has 0 atom stereocenters. The van der Waals surface area contributed by atoms with Crippen LogP contribution in [0, 0.1) is 17.5 Å². The first-order chi connectivity index (χ1) is 16.4. The second-order valence-electron chi connectivity index (χ2n) is 7.41. The van der Waals surface area contributed by atoms with Crippen LogP contribution in [0.25, 0.3) is 22.3 Å². The average molecular weight is 464 g/mol. The minimum atomic E-state index is -1.02. The normalized spacial score (nSPS) is 10.7. The van der Waals surface area contributed by atoms with E-state index in [1.54, 1.807) is 24.3 Å². The molecule has 1 N–H and O–H groups in total. The Morgan fingerprint density at radius 2 is 1.35 bits per heavy atom. The van der Waals surface area contributed by atoms with E-state index in [2.05, 4.69) is 0 Å². The van der Waals surface area contributed by atoms with Gasteiger partial charge in [-0.05, 0) is 41.0 Å². The quantitative estimate of drug-likeness (QED) is 0.274. The van der Waals surface area contributed by atoms with Crippen LogP contribution in [-0.4, -0.2) is 18.2 Å². The molecule has 0 radical (unpaired) electrons. The van der Waals surface area contributed by atoms with Crippen molar-refractivity contribution in [1.82, 2.24) is 0 Å². The molecule has 4 nitrogen and oxygen atoms in total. The van der Waals surface area contributed by atoms with Gasteiger partial charge in [-0.3, -0.25) is 0 Å². The van der Waals surface area contributed by atoms with Gasteiger partial charge in [0.25, 0.3) is 0 Å². The van der Waals surface area contributed by atoms with Crippen LogP contribution in [0.3, 0.4) is 0 Å². The largest absolute Gasteiger partial charge is 0.494 e. The van der Waals surface area contributed by atoms with Gasteiger partial charge in [-0.2, -0.15) is 0 Å². The third kappa shape index (κ3) is 4.65. The summed E-state index contributed by atoms with van der Waals surface area (Å²) in [6.07, 6.45) is 0. The Hall–Kier alpha value is -4.10. The predicted molar refractivity (Wildman–Crippen MR) is 121 cm³/mol. The van der Waals surface area contributed by atoms with E-state index < -0.39 is 23.4 Å². The molecule has 0 heterocycles.